The molecule has 0 unspecified atom stereocenters. The van der Waals surface area contributed by atoms with Gasteiger partial charge >= 0.3 is 11.9 Å². The molecule has 1 aromatic carbocycles. The molecule has 9 heteroatoms. The van der Waals surface area contributed by atoms with Gasteiger partial charge in [-0.2, -0.15) is 0 Å². The number of hydrogen-bond acceptors (Lipinski definition) is 6. The maximum absolute atomic E-state index is 11.8. The fourth-order valence-electron chi connectivity index (χ4n) is 1.77. The maximum Gasteiger partial charge on any atom is 0.433 e. The Morgan fingerprint density at radius 1 is 1.36 bits per heavy atom. The first-order valence-corrected chi connectivity index (χ1v) is 7.79. The van der Waals surface area contributed by atoms with Crippen molar-refractivity contribution in [3.05, 3.63) is 62.3 Å². The van der Waals surface area contributed by atoms with Gasteiger partial charge in [0.2, 0.25) is 0 Å². The predicted molar refractivity (Wildman–Crippen MR) is 92.9 cm³/mol. The van der Waals surface area contributed by atoms with Gasteiger partial charge in [-0.3, -0.25) is 14.9 Å². The fourth-order valence-corrected chi connectivity index (χ4v) is 2.37. The molecule has 0 radical (unpaired) electrons. The number of amides is 1. The molecule has 1 heterocycles. The second kappa shape index (κ2) is 8.25. The van der Waals surface area contributed by atoms with Crippen LogP contribution in [0.25, 0.3) is 6.08 Å². The Morgan fingerprint density at radius 2 is 2.12 bits per heavy atom. The van der Waals surface area contributed by atoms with Crippen LogP contribution in [-0.2, 0) is 14.3 Å². The van der Waals surface area contributed by atoms with Crippen molar-refractivity contribution >= 4 is 45.5 Å². The Labute approximate surface area is 150 Å². The minimum absolute atomic E-state index is 0.122. The molecule has 1 N–H and O–H groups in total. The second-order valence-corrected chi connectivity index (χ2v) is 5.76. The molecule has 1 aromatic heterocycles. The summed E-state index contributed by atoms with van der Waals surface area (Å²) in [6.45, 7) is 1.44. The van der Waals surface area contributed by atoms with Crippen molar-refractivity contribution in [2.75, 3.05) is 11.9 Å². The molecule has 2 aromatic rings. The molecule has 2 rings (SSSR count). The van der Waals surface area contributed by atoms with Crippen LogP contribution in [-0.4, -0.2) is 23.4 Å². The highest BCUT2D eigenvalue weighted by atomic mass is 79.9. The van der Waals surface area contributed by atoms with Crippen molar-refractivity contribution in [1.29, 1.82) is 0 Å². The molecule has 0 aliphatic carbocycles. The first-order chi connectivity index (χ1) is 11.8. The average molecular weight is 409 g/mol. The number of furan rings is 1. The van der Waals surface area contributed by atoms with Gasteiger partial charge in [-0.1, -0.05) is 6.07 Å². The summed E-state index contributed by atoms with van der Waals surface area (Å²) in [6.07, 6.45) is 2.22. The summed E-state index contributed by atoms with van der Waals surface area (Å²) >= 11 is 3.33. The van der Waals surface area contributed by atoms with E-state index in [9.17, 15) is 19.7 Å². The molecule has 0 aliphatic rings. The van der Waals surface area contributed by atoms with Crippen LogP contribution < -0.4 is 5.32 Å². The summed E-state index contributed by atoms with van der Waals surface area (Å²) in [5.41, 5.74) is 1.59. The molecular formula is C16H13BrN2O6. The second-order valence-electron chi connectivity index (χ2n) is 4.91. The van der Waals surface area contributed by atoms with Crippen LogP contribution in [0.3, 0.4) is 0 Å². The molecule has 0 fully saturated rings. The Hall–Kier alpha value is -2.94. The van der Waals surface area contributed by atoms with E-state index >= 15 is 0 Å². The van der Waals surface area contributed by atoms with Crippen molar-refractivity contribution in [1.82, 2.24) is 0 Å². The van der Waals surface area contributed by atoms with Gasteiger partial charge in [-0.05, 0) is 52.7 Å². The van der Waals surface area contributed by atoms with Crippen LogP contribution in [0.4, 0.5) is 11.6 Å². The number of esters is 1. The number of nitro groups is 1. The van der Waals surface area contributed by atoms with Crippen molar-refractivity contribution in [2.24, 2.45) is 0 Å². The van der Waals surface area contributed by atoms with Gasteiger partial charge in [0.1, 0.15) is 10.7 Å². The SMILES string of the molecule is Cc1ccc(NC(=O)COC(=O)/C=C/c2ccc([N+](=O)[O-])o2)c(Br)c1. The van der Waals surface area contributed by atoms with Crippen LogP contribution in [0, 0.1) is 17.0 Å². The third-order valence-electron chi connectivity index (χ3n) is 2.92. The van der Waals surface area contributed by atoms with E-state index in [1.54, 1.807) is 6.07 Å². The largest absolute Gasteiger partial charge is 0.452 e. The molecule has 0 bridgehead atoms. The van der Waals surface area contributed by atoms with Gasteiger partial charge in [-0.25, -0.2) is 4.79 Å². The molecule has 0 saturated heterocycles. The number of anilines is 1. The Balaban J connectivity index is 1.83. The summed E-state index contributed by atoms with van der Waals surface area (Å²) in [7, 11) is 0. The summed E-state index contributed by atoms with van der Waals surface area (Å²) in [5.74, 6) is -1.59. The summed E-state index contributed by atoms with van der Waals surface area (Å²) < 4.78 is 10.3. The van der Waals surface area contributed by atoms with Crippen LogP contribution >= 0.6 is 15.9 Å². The van der Waals surface area contributed by atoms with Gasteiger partial charge < -0.3 is 14.5 Å². The van der Waals surface area contributed by atoms with E-state index in [4.69, 9.17) is 9.15 Å². The number of aryl methyl sites for hydroxylation is 1. The van der Waals surface area contributed by atoms with E-state index in [-0.39, 0.29) is 5.76 Å². The van der Waals surface area contributed by atoms with Gasteiger partial charge in [0.15, 0.2) is 6.61 Å². The third kappa shape index (κ3) is 5.57. The summed E-state index contributed by atoms with van der Waals surface area (Å²) in [4.78, 5) is 33.1. The third-order valence-corrected chi connectivity index (χ3v) is 3.58. The topological polar surface area (TPSA) is 112 Å². The lowest BCUT2D eigenvalue weighted by Gasteiger charge is -2.08. The number of ether oxygens (including phenoxy) is 1. The monoisotopic (exact) mass is 408 g/mol. The summed E-state index contributed by atoms with van der Waals surface area (Å²) in [5, 5.41) is 13.1. The zero-order chi connectivity index (χ0) is 18.4. The number of hydrogen-bond donors (Lipinski definition) is 1. The zero-order valence-electron chi connectivity index (χ0n) is 13.0. The lowest BCUT2D eigenvalue weighted by Crippen LogP contribution is -2.20. The quantitative estimate of drug-likeness (QED) is 0.339. The van der Waals surface area contributed by atoms with E-state index in [2.05, 4.69) is 21.2 Å². The van der Waals surface area contributed by atoms with Crippen LogP contribution in [0.2, 0.25) is 0 Å². The smallest absolute Gasteiger partial charge is 0.433 e. The van der Waals surface area contributed by atoms with Gasteiger partial charge in [0.05, 0.1) is 11.8 Å². The lowest BCUT2D eigenvalue weighted by molar-refractivity contribution is -0.402. The Morgan fingerprint density at radius 3 is 2.76 bits per heavy atom. The van der Waals surface area contributed by atoms with Crippen molar-refractivity contribution in [3.8, 4) is 0 Å². The number of carbonyl (C=O) groups is 2. The molecule has 0 atom stereocenters. The highest BCUT2D eigenvalue weighted by molar-refractivity contribution is 9.10. The van der Waals surface area contributed by atoms with E-state index < -0.39 is 29.3 Å². The van der Waals surface area contributed by atoms with Gasteiger partial charge in [-0.15, -0.1) is 0 Å². The van der Waals surface area contributed by atoms with E-state index in [1.165, 1.54) is 12.1 Å². The minimum atomic E-state index is -0.780. The van der Waals surface area contributed by atoms with Crippen LogP contribution in [0.1, 0.15) is 11.3 Å². The standard InChI is InChI=1S/C16H13BrN2O6/c1-10-2-5-13(12(17)8-10)18-14(20)9-24-16(21)7-4-11-3-6-15(25-11)19(22)23/h2-8H,9H2,1H3,(H,18,20)/b7-4+. The minimum Gasteiger partial charge on any atom is -0.452 e. The number of nitrogens with zero attached hydrogens (tertiary/aromatic N) is 1. The Bertz CT molecular complexity index is 843. The average Bonchev–Trinajstić information content (AvgIpc) is 3.03. The molecule has 0 aliphatic heterocycles. The maximum atomic E-state index is 11.8. The van der Waals surface area contributed by atoms with E-state index in [0.29, 0.717) is 10.2 Å². The van der Waals surface area contributed by atoms with E-state index in [0.717, 1.165) is 17.7 Å². The number of halogens is 1. The van der Waals surface area contributed by atoms with Crippen LogP contribution in [0.15, 0.2) is 45.3 Å². The first-order valence-electron chi connectivity index (χ1n) is 7.00. The lowest BCUT2D eigenvalue weighted by atomic mass is 10.2. The predicted octanol–water partition coefficient (Wildman–Crippen LogP) is 3.45. The van der Waals surface area contributed by atoms with Crippen molar-refractivity contribution < 1.29 is 23.7 Å². The van der Waals surface area contributed by atoms with E-state index in [1.807, 2.05) is 19.1 Å². The van der Waals surface area contributed by atoms with Crippen molar-refractivity contribution in [3.63, 3.8) is 0 Å². The first kappa shape index (κ1) is 18.4. The number of nitrogens with one attached hydrogen (secondary N) is 1. The molecule has 130 valence electrons. The molecule has 0 spiro atoms. The summed E-state index contributed by atoms with van der Waals surface area (Å²) in [6, 6.07) is 7.90. The number of benzene rings is 1. The number of rotatable bonds is 6. The normalized spacial score (nSPS) is 10.6. The highest BCUT2D eigenvalue weighted by Gasteiger charge is 2.11. The highest BCUT2D eigenvalue weighted by Crippen LogP contribution is 2.23. The number of carbonyl (C=O) groups excluding carboxylic acids is 2. The van der Waals surface area contributed by atoms with Gasteiger partial charge in [0.25, 0.3) is 5.91 Å². The Kier molecular flexibility index (Phi) is 6.07. The molecular weight excluding hydrogens is 396 g/mol. The molecule has 25 heavy (non-hydrogen) atoms. The molecule has 1 amide bonds. The zero-order valence-corrected chi connectivity index (χ0v) is 14.6. The molecule has 0 saturated carbocycles. The van der Waals surface area contributed by atoms with Crippen LogP contribution in [0.5, 0.6) is 0 Å². The fraction of sp³-hybridized carbons (Fsp3) is 0.125. The van der Waals surface area contributed by atoms with Gasteiger partial charge in [0, 0.05) is 10.5 Å². The van der Waals surface area contributed by atoms with Crippen molar-refractivity contribution in [2.45, 2.75) is 6.92 Å². The molecule has 8 nitrogen and oxygen atoms in total.